The quantitative estimate of drug-likeness (QED) is 0.811. The van der Waals surface area contributed by atoms with E-state index in [2.05, 4.69) is 60.9 Å². The Morgan fingerprint density at radius 2 is 1.92 bits per heavy atom. The third-order valence-electron chi connectivity index (χ3n) is 6.00. The van der Waals surface area contributed by atoms with Gasteiger partial charge >= 0.3 is 0 Å². The second-order valence-electron chi connectivity index (χ2n) is 7.45. The molecular formula is C22H27NO. The lowest BCUT2D eigenvalue weighted by molar-refractivity contribution is 0.258. The van der Waals surface area contributed by atoms with Gasteiger partial charge < -0.3 is 10.1 Å². The number of rotatable bonds is 6. The lowest BCUT2D eigenvalue weighted by Gasteiger charge is -2.31. The van der Waals surface area contributed by atoms with Crippen molar-refractivity contribution in [2.45, 2.75) is 38.3 Å². The summed E-state index contributed by atoms with van der Waals surface area (Å²) in [5.74, 6) is 3.66. The summed E-state index contributed by atoms with van der Waals surface area (Å²) < 4.78 is 6.02. The molecule has 0 aromatic heterocycles. The van der Waals surface area contributed by atoms with Crippen LogP contribution in [0, 0.1) is 17.8 Å². The molecule has 2 bridgehead atoms. The van der Waals surface area contributed by atoms with Gasteiger partial charge in [0.05, 0.1) is 0 Å². The SMILES string of the molecule is CNC(c1cccc(OCc2ccccc2)c1)C1CC2CCC1C2. The first kappa shape index (κ1) is 15.7. The Bertz CT molecular complexity index is 669. The summed E-state index contributed by atoms with van der Waals surface area (Å²) in [7, 11) is 2.11. The van der Waals surface area contributed by atoms with Crippen molar-refractivity contribution in [1.82, 2.24) is 5.32 Å². The Balaban J connectivity index is 1.47. The van der Waals surface area contributed by atoms with Gasteiger partial charge in [-0.25, -0.2) is 0 Å². The molecule has 4 unspecified atom stereocenters. The zero-order valence-corrected chi connectivity index (χ0v) is 14.4. The molecule has 2 aliphatic rings. The highest BCUT2D eigenvalue weighted by atomic mass is 16.5. The van der Waals surface area contributed by atoms with Crippen molar-refractivity contribution >= 4 is 0 Å². The summed E-state index contributed by atoms with van der Waals surface area (Å²) in [4.78, 5) is 0. The van der Waals surface area contributed by atoms with Crippen molar-refractivity contribution in [3.05, 3.63) is 65.7 Å². The van der Waals surface area contributed by atoms with Gasteiger partial charge in [-0.15, -0.1) is 0 Å². The second-order valence-corrected chi connectivity index (χ2v) is 7.45. The van der Waals surface area contributed by atoms with E-state index in [0.29, 0.717) is 12.6 Å². The van der Waals surface area contributed by atoms with Crippen LogP contribution >= 0.6 is 0 Å². The Morgan fingerprint density at radius 1 is 1.04 bits per heavy atom. The van der Waals surface area contributed by atoms with Gasteiger partial charge in [-0.3, -0.25) is 0 Å². The summed E-state index contributed by atoms with van der Waals surface area (Å²) in [6, 6.07) is 19.5. The van der Waals surface area contributed by atoms with Gasteiger partial charge in [-0.2, -0.15) is 0 Å². The molecule has 0 amide bonds. The number of hydrogen-bond donors (Lipinski definition) is 1. The van der Waals surface area contributed by atoms with Crippen LogP contribution in [0.25, 0.3) is 0 Å². The van der Waals surface area contributed by atoms with Crippen LogP contribution < -0.4 is 10.1 Å². The van der Waals surface area contributed by atoms with E-state index in [1.165, 1.54) is 36.8 Å². The van der Waals surface area contributed by atoms with Crippen LogP contribution in [0.15, 0.2) is 54.6 Å². The normalized spacial score (nSPS) is 26.5. The maximum Gasteiger partial charge on any atom is 0.120 e. The predicted octanol–water partition coefficient (Wildman–Crippen LogP) is 4.96. The van der Waals surface area contributed by atoms with Gasteiger partial charge in [0.2, 0.25) is 0 Å². The maximum absolute atomic E-state index is 6.02. The first-order chi connectivity index (χ1) is 11.8. The topological polar surface area (TPSA) is 21.3 Å². The highest BCUT2D eigenvalue weighted by Gasteiger charge is 2.43. The van der Waals surface area contributed by atoms with Gasteiger partial charge in [0.1, 0.15) is 12.4 Å². The number of hydrogen-bond acceptors (Lipinski definition) is 2. The minimum atomic E-state index is 0.459. The van der Waals surface area contributed by atoms with Crippen LogP contribution in [0.2, 0.25) is 0 Å². The third-order valence-corrected chi connectivity index (χ3v) is 6.00. The summed E-state index contributed by atoms with van der Waals surface area (Å²) >= 11 is 0. The standard InChI is InChI=1S/C22H27NO/c1-23-22(21-13-17-10-11-18(21)12-17)19-8-5-9-20(14-19)24-15-16-6-3-2-4-7-16/h2-9,14,17-18,21-23H,10-13,15H2,1H3. The van der Waals surface area contributed by atoms with Gasteiger partial charge in [0.15, 0.2) is 0 Å². The van der Waals surface area contributed by atoms with Crippen molar-refractivity contribution in [3.8, 4) is 5.75 Å². The molecule has 126 valence electrons. The van der Waals surface area contributed by atoms with E-state index in [1.807, 2.05) is 6.07 Å². The summed E-state index contributed by atoms with van der Waals surface area (Å²) in [6.45, 7) is 0.628. The zero-order chi connectivity index (χ0) is 16.4. The molecule has 24 heavy (non-hydrogen) atoms. The molecule has 0 saturated heterocycles. The molecule has 0 radical (unpaired) electrons. The molecule has 2 aliphatic carbocycles. The van der Waals surface area contributed by atoms with Crippen molar-refractivity contribution in [3.63, 3.8) is 0 Å². The van der Waals surface area contributed by atoms with Crippen molar-refractivity contribution < 1.29 is 4.74 Å². The van der Waals surface area contributed by atoms with Crippen LogP contribution in [-0.4, -0.2) is 7.05 Å². The highest BCUT2D eigenvalue weighted by Crippen LogP contribution is 2.52. The van der Waals surface area contributed by atoms with E-state index in [9.17, 15) is 0 Å². The average molecular weight is 321 g/mol. The molecule has 0 heterocycles. The molecule has 2 aromatic rings. The predicted molar refractivity (Wildman–Crippen MR) is 98.0 cm³/mol. The highest BCUT2D eigenvalue weighted by molar-refractivity contribution is 5.32. The van der Waals surface area contributed by atoms with Gasteiger partial charge in [0.25, 0.3) is 0 Å². The lowest BCUT2D eigenvalue weighted by atomic mass is 9.80. The molecule has 0 aliphatic heterocycles. The summed E-state index contributed by atoms with van der Waals surface area (Å²) in [5.41, 5.74) is 2.58. The van der Waals surface area contributed by atoms with Crippen LogP contribution in [0.1, 0.15) is 42.9 Å². The minimum absolute atomic E-state index is 0.459. The van der Waals surface area contributed by atoms with E-state index < -0.39 is 0 Å². The van der Waals surface area contributed by atoms with Crippen molar-refractivity contribution in [1.29, 1.82) is 0 Å². The number of nitrogens with one attached hydrogen (secondary N) is 1. The fourth-order valence-electron chi connectivity index (χ4n) is 4.87. The van der Waals surface area contributed by atoms with Crippen molar-refractivity contribution in [2.75, 3.05) is 7.05 Å². The smallest absolute Gasteiger partial charge is 0.120 e. The van der Waals surface area contributed by atoms with E-state index >= 15 is 0 Å². The number of ether oxygens (including phenoxy) is 1. The van der Waals surface area contributed by atoms with Crippen LogP contribution in [0.3, 0.4) is 0 Å². The van der Waals surface area contributed by atoms with E-state index in [0.717, 1.165) is 23.5 Å². The van der Waals surface area contributed by atoms with Crippen LogP contribution in [-0.2, 0) is 6.61 Å². The molecule has 1 N–H and O–H groups in total. The fourth-order valence-corrected chi connectivity index (χ4v) is 4.87. The monoisotopic (exact) mass is 321 g/mol. The van der Waals surface area contributed by atoms with E-state index in [-0.39, 0.29) is 0 Å². The summed E-state index contributed by atoms with van der Waals surface area (Å²) in [6.07, 6.45) is 5.73. The Labute approximate surface area is 145 Å². The van der Waals surface area contributed by atoms with Gasteiger partial charge in [0, 0.05) is 6.04 Å². The molecule has 4 rings (SSSR count). The molecule has 2 fully saturated rings. The molecular weight excluding hydrogens is 294 g/mol. The first-order valence-corrected chi connectivity index (χ1v) is 9.27. The molecule has 0 spiro atoms. The number of benzene rings is 2. The van der Waals surface area contributed by atoms with Gasteiger partial charge in [-0.05, 0) is 67.3 Å². The largest absolute Gasteiger partial charge is 0.489 e. The lowest BCUT2D eigenvalue weighted by Crippen LogP contribution is -2.28. The number of fused-ring (bicyclic) bond motifs is 2. The second kappa shape index (κ2) is 6.98. The Kier molecular flexibility index (Phi) is 4.57. The van der Waals surface area contributed by atoms with Crippen LogP contribution in [0.5, 0.6) is 5.75 Å². The molecule has 2 saturated carbocycles. The average Bonchev–Trinajstić information content (AvgIpc) is 3.25. The van der Waals surface area contributed by atoms with E-state index in [1.54, 1.807) is 0 Å². The molecule has 2 heteroatoms. The molecule has 2 nitrogen and oxygen atoms in total. The third kappa shape index (κ3) is 3.21. The molecule has 4 atom stereocenters. The first-order valence-electron chi connectivity index (χ1n) is 9.27. The maximum atomic E-state index is 6.02. The Morgan fingerprint density at radius 3 is 2.62 bits per heavy atom. The van der Waals surface area contributed by atoms with Crippen LogP contribution in [0.4, 0.5) is 0 Å². The summed E-state index contributed by atoms with van der Waals surface area (Å²) in [5, 5.41) is 3.59. The van der Waals surface area contributed by atoms with Gasteiger partial charge in [-0.1, -0.05) is 48.9 Å². The zero-order valence-electron chi connectivity index (χ0n) is 14.4. The fraction of sp³-hybridized carbons (Fsp3) is 0.455. The van der Waals surface area contributed by atoms with Crippen molar-refractivity contribution in [2.24, 2.45) is 17.8 Å². The van der Waals surface area contributed by atoms with E-state index in [4.69, 9.17) is 4.74 Å². The minimum Gasteiger partial charge on any atom is -0.489 e. The molecule has 2 aromatic carbocycles. The Hall–Kier alpha value is -1.80.